The van der Waals surface area contributed by atoms with Crippen LogP contribution in [0.5, 0.6) is 0 Å². The van der Waals surface area contributed by atoms with Crippen LogP contribution in [0.4, 0.5) is 0 Å². The number of benzene rings is 4. The van der Waals surface area contributed by atoms with Crippen molar-refractivity contribution in [3.8, 4) is 11.3 Å². The standard InChI is InChI=1S/C37H28N4O/c42-36-28(20-21-33-35(36)39-23-22-38-33)24-27-12-10-11-19-32(27)34-25-41(26-40-34)37(29-13-4-1-5-14-29,30-15-6-2-7-16-30)31-17-8-3-9-18-31/h1-19,22-26H,20-21H2/b28-24+. The van der Waals surface area contributed by atoms with E-state index in [4.69, 9.17) is 4.98 Å². The van der Waals surface area contributed by atoms with Gasteiger partial charge in [-0.2, -0.15) is 0 Å². The lowest BCUT2D eigenvalue weighted by atomic mass is 9.77. The van der Waals surface area contributed by atoms with Gasteiger partial charge in [-0.05, 0) is 41.2 Å². The van der Waals surface area contributed by atoms with E-state index in [1.54, 1.807) is 12.4 Å². The molecule has 2 aromatic heterocycles. The molecule has 4 aromatic carbocycles. The molecule has 0 saturated heterocycles. The van der Waals surface area contributed by atoms with Crippen molar-refractivity contribution in [3.63, 3.8) is 0 Å². The molecule has 1 aliphatic rings. The second-order valence-corrected chi connectivity index (χ2v) is 10.4. The summed E-state index contributed by atoms with van der Waals surface area (Å²) in [5, 5.41) is 0. The fraction of sp³-hybridized carbons (Fsp3) is 0.0811. The molecule has 0 saturated carbocycles. The van der Waals surface area contributed by atoms with Crippen LogP contribution in [0.15, 0.2) is 146 Å². The third-order valence-corrected chi connectivity index (χ3v) is 8.02. The van der Waals surface area contributed by atoms with E-state index >= 15 is 0 Å². The zero-order chi connectivity index (χ0) is 28.4. The highest BCUT2D eigenvalue weighted by Crippen LogP contribution is 2.41. The Bertz CT molecular complexity index is 1800. The minimum atomic E-state index is -0.649. The highest BCUT2D eigenvalue weighted by Gasteiger charge is 2.38. The lowest BCUT2D eigenvalue weighted by molar-refractivity contribution is 0.102. The van der Waals surface area contributed by atoms with Crippen molar-refractivity contribution in [2.24, 2.45) is 0 Å². The van der Waals surface area contributed by atoms with Crippen molar-refractivity contribution >= 4 is 11.9 Å². The monoisotopic (exact) mass is 544 g/mol. The van der Waals surface area contributed by atoms with E-state index in [0.717, 1.165) is 44.8 Å². The minimum absolute atomic E-state index is 0.0547. The maximum Gasteiger partial charge on any atom is 0.209 e. The largest absolute Gasteiger partial charge is 0.318 e. The fourth-order valence-corrected chi connectivity index (χ4v) is 6.07. The summed E-state index contributed by atoms with van der Waals surface area (Å²) in [5.41, 5.74) is 7.45. The lowest BCUT2D eigenvalue weighted by Crippen LogP contribution is -2.36. The Morgan fingerprint density at radius 1 is 0.643 bits per heavy atom. The van der Waals surface area contributed by atoms with Crippen molar-refractivity contribution in [1.29, 1.82) is 0 Å². The number of fused-ring (bicyclic) bond motifs is 1. The van der Waals surface area contributed by atoms with Gasteiger partial charge in [0.1, 0.15) is 11.2 Å². The predicted molar refractivity (Wildman–Crippen MR) is 165 cm³/mol. The van der Waals surface area contributed by atoms with E-state index in [2.05, 4.69) is 99.6 Å². The van der Waals surface area contributed by atoms with Gasteiger partial charge in [0.2, 0.25) is 5.78 Å². The second-order valence-electron chi connectivity index (χ2n) is 10.4. The van der Waals surface area contributed by atoms with Gasteiger partial charge in [0.05, 0.1) is 17.7 Å². The number of carbonyl (C=O) groups excluding carboxylic acids is 1. The Labute approximate surface area is 244 Å². The molecule has 0 aliphatic heterocycles. The van der Waals surface area contributed by atoms with Crippen LogP contribution in [-0.2, 0) is 12.0 Å². The van der Waals surface area contributed by atoms with Crippen LogP contribution in [0.25, 0.3) is 17.3 Å². The summed E-state index contributed by atoms with van der Waals surface area (Å²) in [6, 6.07) is 39.8. The number of aromatic nitrogens is 4. The molecule has 0 atom stereocenters. The molecule has 2 heterocycles. The molecule has 7 rings (SSSR count). The summed E-state index contributed by atoms with van der Waals surface area (Å²) in [5.74, 6) is -0.0547. The Hall–Kier alpha value is -5.42. The van der Waals surface area contributed by atoms with Crippen molar-refractivity contribution in [2.45, 2.75) is 18.4 Å². The average molecular weight is 545 g/mol. The molecule has 1 aliphatic carbocycles. The van der Waals surface area contributed by atoms with Gasteiger partial charge in [-0.1, -0.05) is 115 Å². The zero-order valence-electron chi connectivity index (χ0n) is 23.0. The second kappa shape index (κ2) is 10.9. The Morgan fingerprint density at radius 3 is 1.86 bits per heavy atom. The van der Waals surface area contributed by atoms with Gasteiger partial charge in [0.25, 0.3) is 0 Å². The quantitative estimate of drug-likeness (QED) is 0.162. The number of Topliss-reactive ketones (excluding diaryl/α,β-unsaturated/α-hetero) is 1. The minimum Gasteiger partial charge on any atom is -0.318 e. The van der Waals surface area contributed by atoms with E-state index in [0.29, 0.717) is 18.5 Å². The molecule has 0 bridgehead atoms. The summed E-state index contributed by atoms with van der Waals surface area (Å²) in [6.07, 6.45) is 10.6. The van der Waals surface area contributed by atoms with Crippen LogP contribution in [0.2, 0.25) is 0 Å². The van der Waals surface area contributed by atoms with Gasteiger partial charge in [-0.3, -0.25) is 9.78 Å². The molecular weight excluding hydrogens is 516 g/mol. The fourth-order valence-electron chi connectivity index (χ4n) is 6.07. The number of aryl methyl sites for hydroxylation is 1. The number of hydrogen-bond acceptors (Lipinski definition) is 4. The molecule has 0 radical (unpaired) electrons. The van der Waals surface area contributed by atoms with Gasteiger partial charge in [-0.25, -0.2) is 9.97 Å². The summed E-state index contributed by atoms with van der Waals surface area (Å²) in [4.78, 5) is 26.9. The maximum absolute atomic E-state index is 13.3. The number of rotatable bonds is 6. The molecule has 0 unspecified atom stereocenters. The van der Waals surface area contributed by atoms with E-state index in [1.165, 1.54) is 0 Å². The van der Waals surface area contributed by atoms with E-state index < -0.39 is 5.54 Å². The molecular formula is C37H28N4O. The first-order valence-electron chi connectivity index (χ1n) is 14.1. The van der Waals surface area contributed by atoms with Crippen molar-refractivity contribution in [1.82, 2.24) is 19.5 Å². The molecule has 202 valence electrons. The number of hydrogen-bond donors (Lipinski definition) is 0. The summed E-state index contributed by atoms with van der Waals surface area (Å²) in [7, 11) is 0. The van der Waals surface area contributed by atoms with Gasteiger partial charge >= 0.3 is 0 Å². The number of imidazole rings is 1. The van der Waals surface area contributed by atoms with E-state index in [9.17, 15) is 4.79 Å². The summed E-state index contributed by atoms with van der Waals surface area (Å²) in [6.45, 7) is 0. The maximum atomic E-state index is 13.3. The van der Waals surface area contributed by atoms with Crippen molar-refractivity contribution in [3.05, 3.63) is 179 Å². The molecule has 0 fully saturated rings. The predicted octanol–water partition coefficient (Wildman–Crippen LogP) is 7.39. The van der Waals surface area contributed by atoms with Crippen LogP contribution in [-0.4, -0.2) is 25.3 Å². The average Bonchev–Trinajstić information content (AvgIpc) is 3.55. The number of carbonyl (C=O) groups is 1. The molecule has 0 spiro atoms. The van der Waals surface area contributed by atoms with Crippen LogP contribution < -0.4 is 0 Å². The number of nitrogens with zero attached hydrogens (tertiary/aromatic N) is 4. The Morgan fingerprint density at radius 2 is 1.21 bits per heavy atom. The molecule has 5 heteroatoms. The third-order valence-electron chi connectivity index (χ3n) is 8.02. The first kappa shape index (κ1) is 25.5. The molecule has 5 nitrogen and oxygen atoms in total. The summed E-state index contributed by atoms with van der Waals surface area (Å²) < 4.78 is 2.21. The first-order valence-corrected chi connectivity index (χ1v) is 14.1. The highest BCUT2D eigenvalue weighted by atomic mass is 16.1. The number of allylic oxidation sites excluding steroid dienone is 1. The van der Waals surface area contributed by atoms with Crippen LogP contribution in [0.3, 0.4) is 0 Å². The SMILES string of the molecule is O=C1/C(=C/c2ccccc2-c2cn(C(c3ccccc3)(c3ccccc3)c3ccccc3)cn2)CCc2nccnc21. The summed E-state index contributed by atoms with van der Waals surface area (Å²) >= 11 is 0. The molecule has 0 amide bonds. The van der Waals surface area contributed by atoms with Crippen LogP contribution in [0, 0.1) is 0 Å². The van der Waals surface area contributed by atoms with Crippen LogP contribution in [0.1, 0.15) is 44.9 Å². The van der Waals surface area contributed by atoms with Gasteiger partial charge in [0, 0.05) is 29.7 Å². The van der Waals surface area contributed by atoms with Gasteiger partial charge in [0.15, 0.2) is 0 Å². The van der Waals surface area contributed by atoms with Crippen molar-refractivity contribution in [2.75, 3.05) is 0 Å². The normalized spacial score (nSPS) is 14.1. The zero-order valence-corrected chi connectivity index (χ0v) is 23.0. The Kier molecular flexibility index (Phi) is 6.61. The molecule has 6 aromatic rings. The number of ketones is 1. The lowest BCUT2D eigenvalue weighted by Gasteiger charge is -2.37. The van der Waals surface area contributed by atoms with E-state index in [-0.39, 0.29) is 5.78 Å². The highest BCUT2D eigenvalue weighted by molar-refractivity contribution is 6.12. The first-order chi connectivity index (χ1) is 20.7. The third kappa shape index (κ3) is 4.36. The smallest absolute Gasteiger partial charge is 0.209 e. The topological polar surface area (TPSA) is 60.7 Å². The van der Waals surface area contributed by atoms with Crippen LogP contribution >= 0.6 is 0 Å². The van der Waals surface area contributed by atoms with Gasteiger partial charge < -0.3 is 4.57 Å². The van der Waals surface area contributed by atoms with Crippen molar-refractivity contribution < 1.29 is 4.79 Å². The molecule has 42 heavy (non-hydrogen) atoms. The Balaban J connectivity index is 1.38. The van der Waals surface area contributed by atoms with E-state index in [1.807, 2.05) is 48.8 Å². The van der Waals surface area contributed by atoms with Gasteiger partial charge in [-0.15, -0.1) is 0 Å². The molecule has 0 N–H and O–H groups in total.